The third-order valence-corrected chi connectivity index (χ3v) is 4.12. The van der Waals surface area contributed by atoms with Crippen molar-refractivity contribution in [1.29, 1.82) is 0 Å². The lowest BCUT2D eigenvalue weighted by molar-refractivity contribution is -0.910. The molecule has 0 spiro atoms. The SMILES string of the molecule is C[N+](C)(C)C(c1ccccc1)C1(O)CCCCC1. The van der Waals surface area contributed by atoms with Gasteiger partial charge in [0.15, 0.2) is 0 Å². The molecule has 18 heavy (non-hydrogen) atoms. The van der Waals surface area contributed by atoms with E-state index >= 15 is 0 Å². The van der Waals surface area contributed by atoms with Crippen molar-refractivity contribution in [3.05, 3.63) is 35.9 Å². The van der Waals surface area contributed by atoms with Crippen LogP contribution in [0.15, 0.2) is 30.3 Å². The molecule has 1 aliphatic carbocycles. The molecule has 1 N–H and O–H groups in total. The van der Waals surface area contributed by atoms with E-state index in [0.29, 0.717) is 0 Å². The molecule has 2 heteroatoms. The smallest absolute Gasteiger partial charge is 0.143 e. The van der Waals surface area contributed by atoms with Gasteiger partial charge in [0, 0.05) is 5.56 Å². The predicted octanol–water partition coefficient (Wildman–Crippen LogP) is 3.13. The Kier molecular flexibility index (Phi) is 3.79. The van der Waals surface area contributed by atoms with Gasteiger partial charge in [-0.2, -0.15) is 0 Å². The second kappa shape index (κ2) is 5.02. The maximum atomic E-state index is 11.1. The van der Waals surface area contributed by atoms with Crippen LogP contribution in [-0.4, -0.2) is 36.3 Å². The minimum absolute atomic E-state index is 0.166. The third kappa shape index (κ3) is 2.76. The molecule has 1 aliphatic rings. The van der Waals surface area contributed by atoms with Crippen LogP contribution in [0.25, 0.3) is 0 Å². The lowest BCUT2D eigenvalue weighted by atomic mass is 9.75. The van der Waals surface area contributed by atoms with Gasteiger partial charge in [-0.1, -0.05) is 49.6 Å². The van der Waals surface area contributed by atoms with Crippen LogP contribution in [0.2, 0.25) is 0 Å². The van der Waals surface area contributed by atoms with Crippen LogP contribution in [-0.2, 0) is 0 Å². The first kappa shape index (κ1) is 13.6. The summed E-state index contributed by atoms with van der Waals surface area (Å²) in [6, 6.07) is 10.7. The van der Waals surface area contributed by atoms with E-state index in [1.54, 1.807) is 0 Å². The fourth-order valence-corrected chi connectivity index (χ4v) is 3.55. The summed E-state index contributed by atoms with van der Waals surface area (Å²) < 4.78 is 0.778. The number of nitrogens with zero attached hydrogens (tertiary/aromatic N) is 1. The number of likely N-dealkylation sites (N-methyl/N-ethyl adjacent to an activating group) is 1. The summed E-state index contributed by atoms with van der Waals surface area (Å²) in [7, 11) is 6.55. The van der Waals surface area contributed by atoms with Crippen molar-refractivity contribution < 1.29 is 9.59 Å². The molecule has 2 nitrogen and oxygen atoms in total. The van der Waals surface area contributed by atoms with E-state index in [0.717, 1.165) is 30.2 Å². The van der Waals surface area contributed by atoms with E-state index in [-0.39, 0.29) is 6.04 Å². The maximum absolute atomic E-state index is 11.1. The van der Waals surface area contributed by atoms with Crippen molar-refractivity contribution in [2.75, 3.05) is 21.1 Å². The first-order valence-electron chi connectivity index (χ1n) is 7.02. The molecule has 1 unspecified atom stereocenters. The maximum Gasteiger partial charge on any atom is 0.143 e. The molecule has 0 saturated heterocycles. The van der Waals surface area contributed by atoms with Gasteiger partial charge in [-0.3, -0.25) is 0 Å². The minimum atomic E-state index is -0.544. The molecule has 0 aliphatic heterocycles. The number of quaternary nitrogens is 1. The van der Waals surface area contributed by atoms with Crippen molar-refractivity contribution in [1.82, 2.24) is 0 Å². The van der Waals surface area contributed by atoms with Gasteiger partial charge in [0.2, 0.25) is 0 Å². The van der Waals surface area contributed by atoms with E-state index in [1.165, 1.54) is 12.0 Å². The molecule has 0 radical (unpaired) electrons. The standard InChI is InChI=1S/C16H26NO/c1-17(2,3)15(14-10-6-4-7-11-14)16(18)12-8-5-9-13-16/h4,6-7,10-11,15,18H,5,8-9,12-13H2,1-3H3/q+1. The van der Waals surface area contributed by atoms with Crippen molar-refractivity contribution >= 4 is 0 Å². The molecule has 1 atom stereocenters. The summed E-state index contributed by atoms with van der Waals surface area (Å²) in [5.41, 5.74) is 0.715. The Balaban J connectivity index is 2.37. The second-order valence-corrected chi connectivity index (χ2v) is 6.59. The molecular formula is C16H26NO+. The number of rotatable bonds is 3. The topological polar surface area (TPSA) is 20.2 Å². The van der Waals surface area contributed by atoms with Gasteiger partial charge in [0.05, 0.1) is 21.1 Å². The molecule has 0 aromatic heterocycles. The van der Waals surface area contributed by atoms with Gasteiger partial charge in [0.1, 0.15) is 11.6 Å². The average Bonchev–Trinajstić information content (AvgIpc) is 2.29. The van der Waals surface area contributed by atoms with E-state index in [2.05, 4.69) is 45.4 Å². The fourth-order valence-electron chi connectivity index (χ4n) is 3.55. The molecule has 1 aromatic carbocycles. The average molecular weight is 248 g/mol. The van der Waals surface area contributed by atoms with Crippen LogP contribution in [0.3, 0.4) is 0 Å². The number of benzene rings is 1. The highest BCUT2D eigenvalue weighted by Gasteiger charge is 2.46. The van der Waals surface area contributed by atoms with Crippen LogP contribution >= 0.6 is 0 Å². The Hall–Kier alpha value is -0.860. The van der Waals surface area contributed by atoms with Crippen LogP contribution in [0.5, 0.6) is 0 Å². The largest absolute Gasteiger partial charge is 0.383 e. The van der Waals surface area contributed by atoms with E-state index in [9.17, 15) is 5.11 Å². The third-order valence-electron chi connectivity index (χ3n) is 4.12. The molecule has 1 aromatic rings. The fraction of sp³-hybridized carbons (Fsp3) is 0.625. The molecule has 2 rings (SSSR count). The molecular weight excluding hydrogens is 222 g/mol. The highest BCUT2D eigenvalue weighted by Crippen LogP contribution is 2.43. The van der Waals surface area contributed by atoms with Gasteiger partial charge in [-0.15, -0.1) is 0 Å². The van der Waals surface area contributed by atoms with Gasteiger partial charge in [0.25, 0.3) is 0 Å². The van der Waals surface area contributed by atoms with E-state index < -0.39 is 5.60 Å². The van der Waals surface area contributed by atoms with Crippen molar-refractivity contribution in [3.63, 3.8) is 0 Å². The summed E-state index contributed by atoms with van der Waals surface area (Å²) in [5.74, 6) is 0. The quantitative estimate of drug-likeness (QED) is 0.815. The summed E-state index contributed by atoms with van der Waals surface area (Å²) in [6.45, 7) is 0. The highest BCUT2D eigenvalue weighted by molar-refractivity contribution is 5.21. The summed E-state index contributed by atoms with van der Waals surface area (Å²) in [5, 5.41) is 11.1. The number of hydrogen-bond donors (Lipinski definition) is 1. The number of aliphatic hydroxyl groups is 1. The molecule has 0 heterocycles. The van der Waals surface area contributed by atoms with Gasteiger partial charge in [-0.25, -0.2) is 0 Å². The Morgan fingerprint density at radius 1 is 1.00 bits per heavy atom. The highest BCUT2D eigenvalue weighted by atomic mass is 16.3. The summed E-state index contributed by atoms with van der Waals surface area (Å²) >= 11 is 0. The molecule has 1 fully saturated rings. The minimum Gasteiger partial charge on any atom is -0.383 e. The van der Waals surface area contributed by atoms with E-state index in [4.69, 9.17) is 0 Å². The second-order valence-electron chi connectivity index (χ2n) is 6.59. The van der Waals surface area contributed by atoms with Crippen LogP contribution in [0.4, 0.5) is 0 Å². The van der Waals surface area contributed by atoms with Gasteiger partial charge < -0.3 is 9.59 Å². The lowest BCUT2D eigenvalue weighted by Gasteiger charge is -2.46. The predicted molar refractivity (Wildman–Crippen MR) is 75.3 cm³/mol. The Morgan fingerprint density at radius 3 is 2.06 bits per heavy atom. The van der Waals surface area contributed by atoms with Crippen molar-refractivity contribution in [3.8, 4) is 0 Å². The zero-order valence-electron chi connectivity index (χ0n) is 11.9. The van der Waals surface area contributed by atoms with Crippen LogP contribution < -0.4 is 0 Å². The van der Waals surface area contributed by atoms with Gasteiger partial charge in [-0.05, 0) is 12.8 Å². The Labute approximate surface area is 111 Å². The number of hydrogen-bond acceptors (Lipinski definition) is 1. The zero-order chi connectivity index (χ0) is 13.2. The zero-order valence-corrected chi connectivity index (χ0v) is 11.9. The molecule has 100 valence electrons. The van der Waals surface area contributed by atoms with Crippen molar-refractivity contribution in [2.24, 2.45) is 0 Å². The van der Waals surface area contributed by atoms with E-state index in [1.807, 2.05) is 6.07 Å². The first-order valence-corrected chi connectivity index (χ1v) is 7.02. The van der Waals surface area contributed by atoms with Crippen LogP contribution in [0.1, 0.15) is 43.7 Å². The summed E-state index contributed by atoms with van der Waals surface area (Å²) in [4.78, 5) is 0. The van der Waals surface area contributed by atoms with Crippen molar-refractivity contribution in [2.45, 2.75) is 43.7 Å². The molecule has 1 saturated carbocycles. The monoisotopic (exact) mass is 248 g/mol. The first-order chi connectivity index (χ1) is 8.43. The normalized spacial score (nSPS) is 21.6. The van der Waals surface area contributed by atoms with Gasteiger partial charge >= 0.3 is 0 Å². The lowest BCUT2D eigenvalue weighted by Crippen LogP contribution is -2.53. The molecule has 0 bridgehead atoms. The molecule has 0 amide bonds. The summed E-state index contributed by atoms with van der Waals surface area (Å²) in [6.07, 6.45) is 5.44. The Morgan fingerprint density at radius 2 is 1.56 bits per heavy atom. The van der Waals surface area contributed by atoms with Crippen LogP contribution in [0, 0.1) is 0 Å². The Bertz CT molecular complexity index is 374.